The maximum Gasteiger partial charge on any atom is 0.293 e. The zero-order valence-corrected chi connectivity index (χ0v) is 17.4. The van der Waals surface area contributed by atoms with Crippen LogP contribution >= 0.6 is 11.8 Å². The molecule has 0 saturated carbocycles. The smallest absolute Gasteiger partial charge is 0.293 e. The lowest BCUT2D eigenvalue weighted by atomic mass is 10.0. The van der Waals surface area contributed by atoms with Gasteiger partial charge in [-0.3, -0.25) is 14.5 Å². The lowest BCUT2D eigenvalue weighted by molar-refractivity contribution is -0.122. The first-order chi connectivity index (χ1) is 15.1. The highest BCUT2D eigenvalue weighted by Gasteiger charge is 2.34. The number of amides is 2. The second kappa shape index (κ2) is 8.90. The van der Waals surface area contributed by atoms with Crippen molar-refractivity contribution in [3.8, 4) is 11.8 Å². The van der Waals surface area contributed by atoms with Crippen molar-refractivity contribution >= 4 is 39.8 Å². The third kappa shape index (κ3) is 4.09. The molecule has 5 nitrogen and oxygen atoms in total. The van der Waals surface area contributed by atoms with Crippen molar-refractivity contribution in [3.05, 3.63) is 94.9 Å². The molecule has 0 aliphatic carbocycles. The van der Waals surface area contributed by atoms with Gasteiger partial charge in [0, 0.05) is 17.7 Å². The van der Waals surface area contributed by atoms with Gasteiger partial charge in [-0.15, -0.1) is 6.58 Å². The minimum atomic E-state index is -0.344. The fraction of sp³-hybridized carbons (Fsp3) is 0.0800. The van der Waals surface area contributed by atoms with E-state index in [1.54, 1.807) is 12.1 Å². The van der Waals surface area contributed by atoms with E-state index in [1.807, 2.05) is 54.6 Å². The Morgan fingerprint density at radius 3 is 2.65 bits per heavy atom. The molecule has 0 unspecified atom stereocenters. The first kappa shape index (κ1) is 20.5. The summed E-state index contributed by atoms with van der Waals surface area (Å²) in [6, 6.07) is 21.0. The normalized spacial score (nSPS) is 14.8. The van der Waals surface area contributed by atoms with Crippen LogP contribution in [-0.2, 0) is 11.4 Å². The van der Waals surface area contributed by atoms with Gasteiger partial charge in [-0.1, -0.05) is 54.6 Å². The molecule has 1 saturated heterocycles. The Bertz CT molecular complexity index is 1270. The molecule has 3 aromatic rings. The standard InChI is InChI=1S/C25H18N2O3S/c1-2-13-27-24(28)23(31-25(27)29)14-21-20-10-6-5-7-17(20)11-12-22(21)30-16-19-9-4-3-8-18(19)15-26/h2-12,14H,1,13,16H2/b23-14+. The third-order valence-electron chi connectivity index (χ3n) is 4.91. The minimum absolute atomic E-state index is 0.172. The van der Waals surface area contributed by atoms with Crippen molar-refractivity contribution in [1.29, 1.82) is 5.26 Å². The highest BCUT2D eigenvalue weighted by molar-refractivity contribution is 8.18. The van der Waals surface area contributed by atoms with E-state index >= 15 is 0 Å². The van der Waals surface area contributed by atoms with Gasteiger partial charge in [-0.25, -0.2) is 0 Å². The van der Waals surface area contributed by atoms with Gasteiger partial charge >= 0.3 is 0 Å². The van der Waals surface area contributed by atoms with E-state index in [1.165, 1.54) is 11.0 Å². The van der Waals surface area contributed by atoms with Crippen molar-refractivity contribution in [2.75, 3.05) is 6.54 Å². The van der Waals surface area contributed by atoms with E-state index in [2.05, 4.69) is 12.6 Å². The quantitative estimate of drug-likeness (QED) is 0.384. The number of carbonyl (C=O) groups excluding carboxylic acids is 2. The van der Waals surface area contributed by atoms with E-state index in [0.29, 0.717) is 16.2 Å². The number of hydrogen-bond acceptors (Lipinski definition) is 5. The van der Waals surface area contributed by atoms with Gasteiger partial charge in [0.05, 0.1) is 16.5 Å². The molecule has 1 heterocycles. The Hall–Kier alpha value is -3.82. The van der Waals surface area contributed by atoms with Crippen LogP contribution in [0.5, 0.6) is 5.75 Å². The largest absolute Gasteiger partial charge is 0.488 e. The predicted molar refractivity (Wildman–Crippen MR) is 122 cm³/mol. The van der Waals surface area contributed by atoms with Gasteiger partial charge in [0.25, 0.3) is 11.1 Å². The Balaban J connectivity index is 1.75. The molecule has 1 aliphatic rings. The molecule has 0 N–H and O–H groups in total. The Morgan fingerprint density at radius 2 is 1.84 bits per heavy atom. The first-order valence-electron chi connectivity index (χ1n) is 9.61. The number of carbonyl (C=O) groups is 2. The molecule has 0 radical (unpaired) electrons. The highest BCUT2D eigenvalue weighted by Crippen LogP contribution is 2.37. The molecule has 31 heavy (non-hydrogen) atoms. The van der Waals surface area contributed by atoms with Crippen LogP contribution in [0.4, 0.5) is 4.79 Å². The minimum Gasteiger partial charge on any atom is -0.488 e. The Morgan fingerprint density at radius 1 is 1.06 bits per heavy atom. The van der Waals surface area contributed by atoms with E-state index in [-0.39, 0.29) is 24.3 Å². The number of ether oxygens (including phenoxy) is 1. The number of hydrogen-bond donors (Lipinski definition) is 0. The van der Waals surface area contributed by atoms with Crippen LogP contribution in [0.2, 0.25) is 0 Å². The summed E-state index contributed by atoms with van der Waals surface area (Å²) in [7, 11) is 0. The summed E-state index contributed by atoms with van der Waals surface area (Å²) in [6.45, 7) is 3.99. The van der Waals surface area contributed by atoms with Crippen molar-refractivity contribution < 1.29 is 14.3 Å². The highest BCUT2D eigenvalue weighted by atomic mass is 32.2. The van der Waals surface area contributed by atoms with E-state index in [4.69, 9.17) is 4.74 Å². The van der Waals surface area contributed by atoms with Gasteiger partial charge in [0.2, 0.25) is 0 Å². The van der Waals surface area contributed by atoms with Crippen molar-refractivity contribution in [3.63, 3.8) is 0 Å². The van der Waals surface area contributed by atoms with Crippen LogP contribution in [-0.4, -0.2) is 22.6 Å². The topological polar surface area (TPSA) is 70.4 Å². The molecule has 4 rings (SSSR count). The molecule has 1 aliphatic heterocycles. The molecule has 3 aromatic carbocycles. The molecule has 0 atom stereocenters. The monoisotopic (exact) mass is 426 g/mol. The van der Waals surface area contributed by atoms with Crippen LogP contribution in [0.3, 0.4) is 0 Å². The van der Waals surface area contributed by atoms with E-state index in [9.17, 15) is 14.9 Å². The molecule has 0 spiro atoms. The Labute approximate surface area is 184 Å². The van der Waals surface area contributed by atoms with Gasteiger partial charge in [0.15, 0.2) is 0 Å². The van der Waals surface area contributed by atoms with Crippen LogP contribution in [0, 0.1) is 11.3 Å². The average Bonchev–Trinajstić information content (AvgIpc) is 3.06. The number of benzene rings is 3. The number of rotatable bonds is 6. The molecule has 0 bridgehead atoms. The van der Waals surface area contributed by atoms with Gasteiger partial charge in [-0.05, 0) is 40.7 Å². The molecule has 1 fully saturated rings. The first-order valence-corrected chi connectivity index (χ1v) is 10.4. The second-order valence-corrected chi connectivity index (χ2v) is 7.83. The van der Waals surface area contributed by atoms with E-state index in [0.717, 1.165) is 33.7 Å². The van der Waals surface area contributed by atoms with Crippen LogP contribution in [0.25, 0.3) is 16.8 Å². The summed E-state index contributed by atoms with van der Waals surface area (Å²) in [5, 5.41) is 10.9. The lowest BCUT2D eigenvalue weighted by Crippen LogP contribution is -2.27. The fourth-order valence-electron chi connectivity index (χ4n) is 3.38. The summed E-state index contributed by atoms with van der Waals surface area (Å²) < 4.78 is 6.09. The number of fused-ring (bicyclic) bond motifs is 1. The third-order valence-corrected chi connectivity index (χ3v) is 5.82. The second-order valence-electron chi connectivity index (χ2n) is 6.84. The fourth-order valence-corrected chi connectivity index (χ4v) is 4.21. The number of imide groups is 1. The van der Waals surface area contributed by atoms with Gasteiger partial charge in [-0.2, -0.15) is 5.26 Å². The molecule has 2 amide bonds. The summed E-state index contributed by atoms with van der Waals surface area (Å²) in [6.07, 6.45) is 3.24. The van der Waals surface area contributed by atoms with Crippen molar-refractivity contribution in [1.82, 2.24) is 4.90 Å². The maximum absolute atomic E-state index is 12.7. The number of nitrogens with zero attached hydrogens (tertiary/aromatic N) is 2. The summed E-state index contributed by atoms with van der Waals surface area (Å²) >= 11 is 0.907. The summed E-state index contributed by atoms with van der Waals surface area (Å²) in [4.78, 5) is 26.4. The molecule has 6 heteroatoms. The van der Waals surface area contributed by atoms with E-state index < -0.39 is 0 Å². The van der Waals surface area contributed by atoms with Crippen molar-refractivity contribution in [2.45, 2.75) is 6.61 Å². The SMILES string of the molecule is C=CCN1C(=O)S/C(=C/c2c(OCc3ccccc3C#N)ccc3ccccc23)C1=O. The zero-order chi connectivity index (χ0) is 21.8. The molecule has 152 valence electrons. The van der Waals surface area contributed by atoms with Crippen LogP contribution in [0.1, 0.15) is 16.7 Å². The molecule has 0 aromatic heterocycles. The Kier molecular flexibility index (Phi) is 5.87. The predicted octanol–water partition coefficient (Wildman–Crippen LogP) is 5.51. The lowest BCUT2D eigenvalue weighted by Gasteiger charge is -2.13. The number of nitriles is 1. The van der Waals surface area contributed by atoms with Gasteiger partial charge < -0.3 is 4.74 Å². The average molecular weight is 426 g/mol. The molecular weight excluding hydrogens is 408 g/mol. The summed E-state index contributed by atoms with van der Waals surface area (Å²) in [5.74, 6) is 0.227. The maximum atomic E-state index is 12.7. The summed E-state index contributed by atoms with van der Waals surface area (Å²) in [5.41, 5.74) is 2.04. The van der Waals surface area contributed by atoms with Gasteiger partial charge in [0.1, 0.15) is 12.4 Å². The number of thioether (sulfide) groups is 1. The molecular formula is C25H18N2O3S. The zero-order valence-electron chi connectivity index (χ0n) is 16.6. The van der Waals surface area contributed by atoms with Crippen molar-refractivity contribution in [2.24, 2.45) is 0 Å². The van der Waals surface area contributed by atoms with Crippen LogP contribution < -0.4 is 4.74 Å². The van der Waals surface area contributed by atoms with Crippen LogP contribution in [0.15, 0.2) is 78.2 Å².